The van der Waals surface area contributed by atoms with E-state index in [0.29, 0.717) is 5.13 Å². The quantitative estimate of drug-likeness (QED) is 0.729. The van der Waals surface area contributed by atoms with Crippen LogP contribution in [0.3, 0.4) is 0 Å². The average Bonchev–Trinajstić information content (AvgIpc) is 2.72. The Morgan fingerprint density at radius 1 is 1.26 bits per heavy atom. The summed E-state index contributed by atoms with van der Waals surface area (Å²) >= 11 is 1.26. The lowest BCUT2D eigenvalue weighted by atomic mass is 10.1. The minimum absolute atomic E-state index is 0.0297. The summed E-state index contributed by atoms with van der Waals surface area (Å²) in [6, 6.07) is -0.753. The minimum Gasteiger partial charge on any atom is -0.478 e. The summed E-state index contributed by atoms with van der Waals surface area (Å²) in [6.45, 7) is 4.45. The fourth-order valence-electron chi connectivity index (χ4n) is 1.07. The molecular weight excluding hydrogens is 270 g/mol. The van der Waals surface area contributed by atoms with Crippen molar-refractivity contribution < 1.29 is 19.5 Å². The third-order valence-corrected chi connectivity index (χ3v) is 3.12. The molecule has 19 heavy (non-hydrogen) atoms. The molecule has 0 aliphatic carbocycles. The molecule has 0 bridgehead atoms. The first-order valence-corrected chi connectivity index (χ1v) is 6.08. The Labute approximate surface area is 113 Å². The van der Waals surface area contributed by atoms with E-state index in [-0.39, 0.29) is 11.1 Å². The van der Waals surface area contributed by atoms with Crippen molar-refractivity contribution in [2.45, 2.75) is 20.8 Å². The first kappa shape index (κ1) is 14.8. The van der Waals surface area contributed by atoms with Crippen molar-refractivity contribution in [1.82, 2.24) is 10.3 Å². The summed E-state index contributed by atoms with van der Waals surface area (Å²) in [7, 11) is 0. The molecule has 1 rings (SSSR count). The highest BCUT2D eigenvalue weighted by atomic mass is 32.1. The van der Waals surface area contributed by atoms with Crippen LogP contribution in [0.25, 0.3) is 0 Å². The van der Waals surface area contributed by atoms with Gasteiger partial charge < -0.3 is 5.11 Å². The van der Waals surface area contributed by atoms with Gasteiger partial charge in [0.25, 0.3) is 5.91 Å². The van der Waals surface area contributed by atoms with Gasteiger partial charge in [-0.25, -0.2) is 14.6 Å². The Hall–Kier alpha value is -2.22. The van der Waals surface area contributed by atoms with Crippen molar-refractivity contribution >= 4 is 34.4 Å². The lowest BCUT2D eigenvalue weighted by molar-refractivity contribution is -0.133. The van der Waals surface area contributed by atoms with Crippen LogP contribution in [0.2, 0.25) is 0 Å². The molecule has 0 saturated carbocycles. The van der Waals surface area contributed by atoms with E-state index < -0.39 is 17.9 Å². The number of hydrogen-bond donors (Lipinski definition) is 3. The second-order valence-electron chi connectivity index (χ2n) is 3.74. The van der Waals surface area contributed by atoms with Gasteiger partial charge >= 0.3 is 12.0 Å². The zero-order valence-electron chi connectivity index (χ0n) is 10.6. The molecule has 0 radical (unpaired) electrons. The number of carbonyl (C=O) groups excluding carboxylic acids is 2. The number of nitrogens with zero attached hydrogens (tertiary/aromatic N) is 1. The number of carboxylic acid groups (broad SMARTS) is 1. The standard InChI is InChI=1S/C11H13N3O4S/c1-5-4-12-11(19-5)14-10(18)13-8(15)6(2)7(3)9(16)17/h4H,1-3H3,(H,16,17)(H2,12,13,14,15,18)/b7-6-. The lowest BCUT2D eigenvalue weighted by Crippen LogP contribution is -2.35. The van der Waals surface area contributed by atoms with Gasteiger partial charge in [0.05, 0.1) is 0 Å². The summed E-state index contributed by atoms with van der Waals surface area (Å²) in [5.74, 6) is -1.96. The molecule has 0 spiro atoms. The van der Waals surface area contributed by atoms with Gasteiger partial charge in [-0.3, -0.25) is 15.4 Å². The van der Waals surface area contributed by atoms with Crippen LogP contribution < -0.4 is 10.6 Å². The normalized spacial score (nSPS) is 11.5. The van der Waals surface area contributed by atoms with Gasteiger partial charge in [-0.05, 0) is 20.8 Å². The van der Waals surface area contributed by atoms with E-state index in [9.17, 15) is 14.4 Å². The fraction of sp³-hybridized carbons (Fsp3) is 0.273. The summed E-state index contributed by atoms with van der Waals surface area (Å²) in [5.41, 5.74) is -0.145. The van der Waals surface area contributed by atoms with Crippen LogP contribution in [0.5, 0.6) is 0 Å². The molecule has 0 fully saturated rings. The van der Waals surface area contributed by atoms with Crippen molar-refractivity contribution in [2.24, 2.45) is 0 Å². The van der Waals surface area contributed by atoms with Crippen molar-refractivity contribution in [3.63, 3.8) is 0 Å². The largest absolute Gasteiger partial charge is 0.478 e. The highest BCUT2D eigenvalue weighted by molar-refractivity contribution is 7.15. The van der Waals surface area contributed by atoms with Gasteiger partial charge in [-0.1, -0.05) is 0 Å². The average molecular weight is 283 g/mol. The molecule has 7 nitrogen and oxygen atoms in total. The number of thiazole rings is 1. The number of carboxylic acids is 1. The number of aryl methyl sites for hydroxylation is 1. The highest BCUT2D eigenvalue weighted by Gasteiger charge is 2.15. The van der Waals surface area contributed by atoms with Crippen LogP contribution in [0, 0.1) is 6.92 Å². The van der Waals surface area contributed by atoms with Crippen LogP contribution >= 0.6 is 11.3 Å². The van der Waals surface area contributed by atoms with Crippen molar-refractivity contribution in [2.75, 3.05) is 5.32 Å². The molecule has 0 aliphatic heterocycles. The molecular formula is C11H13N3O4S. The number of carbonyl (C=O) groups is 3. The second-order valence-corrected chi connectivity index (χ2v) is 4.97. The molecule has 8 heteroatoms. The van der Waals surface area contributed by atoms with Crippen LogP contribution in [0.4, 0.5) is 9.93 Å². The zero-order valence-corrected chi connectivity index (χ0v) is 11.4. The third kappa shape index (κ3) is 4.18. The molecule has 1 aromatic rings. The monoisotopic (exact) mass is 283 g/mol. The topological polar surface area (TPSA) is 108 Å². The molecule has 1 heterocycles. The molecule has 1 aromatic heterocycles. The Morgan fingerprint density at radius 2 is 1.89 bits per heavy atom. The number of aromatic nitrogens is 1. The Bertz CT molecular complexity index is 562. The van der Waals surface area contributed by atoms with Crippen LogP contribution in [-0.4, -0.2) is 28.0 Å². The van der Waals surface area contributed by atoms with Gasteiger partial charge in [0, 0.05) is 22.2 Å². The maximum absolute atomic E-state index is 11.6. The van der Waals surface area contributed by atoms with Gasteiger partial charge in [-0.15, -0.1) is 11.3 Å². The maximum atomic E-state index is 11.6. The summed E-state index contributed by atoms with van der Waals surface area (Å²) in [5, 5.41) is 13.5. The Balaban J connectivity index is 2.65. The smallest absolute Gasteiger partial charge is 0.331 e. The van der Waals surface area contributed by atoms with E-state index in [0.717, 1.165) is 4.88 Å². The Morgan fingerprint density at radius 3 is 2.37 bits per heavy atom. The minimum atomic E-state index is -1.20. The first-order valence-electron chi connectivity index (χ1n) is 5.26. The second kappa shape index (κ2) is 6.10. The number of nitrogens with one attached hydrogen (secondary N) is 2. The van der Waals surface area contributed by atoms with E-state index in [4.69, 9.17) is 5.11 Å². The summed E-state index contributed by atoms with van der Waals surface area (Å²) in [6.07, 6.45) is 1.59. The van der Waals surface area contributed by atoms with E-state index in [1.54, 1.807) is 6.20 Å². The molecule has 0 unspecified atom stereocenters. The van der Waals surface area contributed by atoms with Crippen LogP contribution in [-0.2, 0) is 9.59 Å². The first-order chi connectivity index (χ1) is 8.81. The predicted octanol–water partition coefficient (Wildman–Crippen LogP) is 1.52. The number of anilines is 1. The summed E-state index contributed by atoms with van der Waals surface area (Å²) < 4.78 is 0. The van der Waals surface area contributed by atoms with Crippen LogP contribution in [0.15, 0.2) is 17.3 Å². The number of amides is 3. The van der Waals surface area contributed by atoms with Crippen molar-refractivity contribution in [3.8, 4) is 0 Å². The van der Waals surface area contributed by atoms with E-state index in [1.807, 2.05) is 12.2 Å². The molecule has 3 N–H and O–H groups in total. The molecule has 3 amide bonds. The van der Waals surface area contributed by atoms with Crippen molar-refractivity contribution in [1.29, 1.82) is 0 Å². The SMILES string of the molecule is C/C(C(=O)O)=C(\C)C(=O)NC(=O)Nc1ncc(C)s1. The number of rotatable bonds is 3. The Kier molecular flexibility index (Phi) is 4.76. The van der Waals surface area contributed by atoms with Gasteiger partial charge in [0.1, 0.15) is 0 Å². The third-order valence-electron chi connectivity index (χ3n) is 2.29. The molecule has 0 aromatic carbocycles. The predicted molar refractivity (Wildman–Crippen MR) is 70.0 cm³/mol. The van der Waals surface area contributed by atoms with Gasteiger partial charge in [0.15, 0.2) is 5.13 Å². The summed E-state index contributed by atoms with van der Waals surface area (Å²) in [4.78, 5) is 38.6. The van der Waals surface area contributed by atoms with E-state index >= 15 is 0 Å². The maximum Gasteiger partial charge on any atom is 0.331 e. The molecule has 102 valence electrons. The number of urea groups is 1. The van der Waals surface area contributed by atoms with Crippen LogP contribution in [0.1, 0.15) is 18.7 Å². The molecule has 0 aliphatic rings. The van der Waals surface area contributed by atoms with E-state index in [1.165, 1.54) is 25.2 Å². The number of imide groups is 1. The molecule has 0 atom stereocenters. The number of aliphatic carboxylic acids is 1. The highest BCUT2D eigenvalue weighted by Crippen LogP contribution is 2.16. The van der Waals surface area contributed by atoms with Crippen molar-refractivity contribution in [3.05, 3.63) is 22.2 Å². The lowest BCUT2D eigenvalue weighted by Gasteiger charge is -2.05. The van der Waals surface area contributed by atoms with Gasteiger partial charge in [0.2, 0.25) is 0 Å². The van der Waals surface area contributed by atoms with E-state index in [2.05, 4.69) is 10.3 Å². The number of hydrogen-bond acceptors (Lipinski definition) is 5. The zero-order chi connectivity index (χ0) is 14.6. The van der Waals surface area contributed by atoms with Gasteiger partial charge in [-0.2, -0.15) is 0 Å². The molecule has 0 saturated heterocycles. The fourth-order valence-corrected chi connectivity index (χ4v) is 1.73.